The highest BCUT2D eigenvalue weighted by atomic mass is 16.5. The molecule has 1 unspecified atom stereocenters. The fraction of sp³-hybridized carbons (Fsp3) is 1.00. The summed E-state index contributed by atoms with van der Waals surface area (Å²) < 4.78 is 5.74. The molecule has 108 valence electrons. The predicted molar refractivity (Wildman–Crippen MR) is 72.6 cm³/mol. The Morgan fingerprint density at radius 1 is 1.22 bits per heavy atom. The van der Waals surface area contributed by atoms with Gasteiger partial charge in [-0.1, -0.05) is 6.92 Å². The van der Waals surface area contributed by atoms with Crippen LogP contribution in [0.15, 0.2) is 0 Å². The first-order valence-electron chi connectivity index (χ1n) is 7.33. The first-order chi connectivity index (χ1) is 8.72. The molecule has 0 aromatic carbocycles. The van der Waals surface area contributed by atoms with Crippen LogP contribution in [0.2, 0.25) is 0 Å². The molecule has 0 amide bonds. The fourth-order valence-corrected chi connectivity index (χ4v) is 2.33. The van der Waals surface area contributed by atoms with Crippen molar-refractivity contribution in [2.24, 2.45) is 5.92 Å². The molecule has 0 spiro atoms. The molecule has 1 fully saturated rings. The number of ether oxygens (including phenoxy) is 1. The Balaban J connectivity index is 1.94. The van der Waals surface area contributed by atoms with Gasteiger partial charge in [-0.25, -0.2) is 0 Å². The Labute approximate surface area is 111 Å². The second-order valence-corrected chi connectivity index (χ2v) is 5.50. The summed E-state index contributed by atoms with van der Waals surface area (Å²) >= 11 is 0. The van der Waals surface area contributed by atoms with Crippen LogP contribution in [0.25, 0.3) is 0 Å². The lowest BCUT2D eigenvalue weighted by Crippen LogP contribution is -2.33. The number of hydrogen-bond acceptors (Lipinski definition) is 4. The van der Waals surface area contributed by atoms with Gasteiger partial charge in [-0.05, 0) is 51.0 Å². The molecule has 3 N–H and O–H groups in total. The molecular weight excluding hydrogens is 230 g/mol. The van der Waals surface area contributed by atoms with Crippen molar-refractivity contribution in [3.05, 3.63) is 0 Å². The van der Waals surface area contributed by atoms with Gasteiger partial charge in [0.25, 0.3) is 0 Å². The average molecular weight is 259 g/mol. The third-order valence-corrected chi connectivity index (χ3v) is 3.63. The molecule has 1 aliphatic carbocycles. The molecule has 0 aromatic heterocycles. The van der Waals surface area contributed by atoms with Crippen LogP contribution in [-0.4, -0.2) is 48.7 Å². The third kappa shape index (κ3) is 7.31. The van der Waals surface area contributed by atoms with Crippen molar-refractivity contribution in [1.29, 1.82) is 0 Å². The Morgan fingerprint density at radius 3 is 2.61 bits per heavy atom. The molecule has 1 atom stereocenters. The lowest BCUT2D eigenvalue weighted by molar-refractivity contribution is -0.0277. The summed E-state index contributed by atoms with van der Waals surface area (Å²) in [5.74, 6) is 0.836. The van der Waals surface area contributed by atoms with Gasteiger partial charge < -0.3 is 20.3 Å². The van der Waals surface area contributed by atoms with E-state index in [9.17, 15) is 5.11 Å². The fourth-order valence-electron chi connectivity index (χ4n) is 2.33. The first kappa shape index (κ1) is 15.9. The molecule has 0 aromatic rings. The molecule has 0 radical (unpaired) electrons. The van der Waals surface area contributed by atoms with Gasteiger partial charge in [0.05, 0.1) is 18.8 Å². The van der Waals surface area contributed by atoms with Crippen LogP contribution in [0.4, 0.5) is 0 Å². The molecule has 0 heterocycles. The molecule has 0 bridgehead atoms. The SMILES string of the molecule is CC1CCC(OCC(O)CNCCCCO)CC1. The molecular formula is C14H29NO3. The van der Waals surface area contributed by atoms with Gasteiger partial charge in [0, 0.05) is 13.2 Å². The van der Waals surface area contributed by atoms with E-state index in [1.54, 1.807) is 0 Å². The first-order valence-corrected chi connectivity index (χ1v) is 7.33. The standard InChI is InChI=1S/C14H29NO3/c1-12-4-6-14(7-5-12)18-11-13(17)10-15-8-2-3-9-16/h12-17H,2-11H2,1H3. The topological polar surface area (TPSA) is 61.7 Å². The summed E-state index contributed by atoms with van der Waals surface area (Å²) in [7, 11) is 0. The largest absolute Gasteiger partial charge is 0.396 e. The Hall–Kier alpha value is -0.160. The van der Waals surface area contributed by atoms with Crippen molar-refractivity contribution >= 4 is 0 Å². The third-order valence-electron chi connectivity index (χ3n) is 3.63. The highest BCUT2D eigenvalue weighted by Crippen LogP contribution is 2.25. The molecule has 0 aliphatic heterocycles. The maximum absolute atomic E-state index is 9.75. The molecule has 4 heteroatoms. The zero-order valence-electron chi connectivity index (χ0n) is 11.6. The van der Waals surface area contributed by atoms with Crippen LogP contribution in [0.1, 0.15) is 45.4 Å². The Kier molecular flexibility index (Phi) is 8.59. The number of aliphatic hydroxyl groups is 2. The average Bonchev–Trinajstić information content (AvgIpc) is 2.38. The Bertz CT molecular complexity index is 193. The minimum Gasteiger partial charge on any atom is -0.396 e. The van der Waals surface area contributed by atoms with E-state index < -0.39 is 6.10 Å². The second-order valence-electron chi connectivity index (χ2n) is 5.50. The molecule has 18 heavy (non-hydrogen) atoms. The quantitative estimate of drug-likeness (QED) is 0.546. The van der Waals surface area contributed by atoms with Crippen molar-refractivity contribution in [2.75, 3.05) is 26.3 Å². The number of unbranched alkanes of at least 4 members (excludes halogenated alkanes) is 1. The monoisotopic (exact) mass is 259 g/mol. The number of rotatable bonds is 9. The maximum atomic E-state index is 9.75. The van der Waals surface area contributed by atoms with Crippen molar-refractivity contribution in [3.8, 4) is 0 Å². The predicted octanol–water partition coefficient (Wildman–Crippen LogP) is 1.30. The normalized spacial score (nSPS) is 26.2. The molecule has 1 aliphatic rings. The van der Waals surface area contributed by atoms with Crippen molar-refractivity contribution < 1.29 is 14.9 Å². The van der Waals surface area contributed by atoms with Gasteiger partial charge in [-0.15, -0.1) is 0 Å². The summed E-state index contributed by atoms with van der Waals surface area (Å²) in [6.45, 7) is 4.40. The molecule has 4 nitrogen and oxygen atoms in total. The summed E-state index contributed by atoms with van der Waals surface area (Å²) in [6, 6.07) is 0. The molecule has 1 saturated carbocycles. The van der Waals surface area contributed by atoms with Crippen molar-refractivity contribution in [2.45, 2.75) is 57.7 Å². The molecule has 1 rings (SSSR count). The summed E-state index contributed by atoms with van der Waals surface area (Å²) in [6.07, 6.45) is 6.48. The van der Waals surface area contributed by atoms with Gasteiger partial charge in [-0.2, -0.15) is 0 Å². The van der Waals surface area contributed by atoms with Crippen LogP contribution in [-0.2, 0) is 4.74 Å². The van der Waals surface area contributed by atoms with E-state index in [0.717, 1.165) is 38.1 Å². The van der Waals surface area contributed by atoms with Crippen LogP contribution >= 0.6 is 0 Å². The highest BCUT2D eigenvalue weighted by Gasteiger charge is 2.19. The van der Waals surface area contributed by atoms with Crippen LogP contribution < -0.4 is 5.32 Å². The van der Waals surface area contributed by atoms with Crippen molar-refractivity contribution in [1.82, 2.24) is 5.32 Å². The van der Waals surface area contributed by atoms with E-state index in [4.69, 9.17) is 9.84 Å². The van der Waals surface area contributed by atoms with E-state index in [1.807, 2.05) is 0 Å². The number of hydrogen-bond donors (Lipinski definition) is 3. The smallest absolute Gasteiger partial charge is 0.0897 e. The van der Waals surface area contributed by atoms with Crippen LogP contribution in [0.5, 0.6) is 0 Å². The van der Waals surface area contributed by atoms with E-state index in [1.165, 1.54) is 12.8 Å². The van der Waals surface area contributed by atoms with Crippen LogP contribution in [0, 0.1) is 5.92 Å². The minimum atomic E-state index is -0.418. The highest BCUT2D eigenvalue weighted by molar-refractivity contribution is 4.71. The lowest BCUT2D eigenvalue weighted by atomic mass is 9.89. The van der Waals surface area contributed by atoms with E-state index >= 15 is 0 Å². The Morgan fingerprint density at radius 2 is 1.94 bits per heavy atom. The van der Waals surface area contributed by atoms with Gasteiger partial charge in [0.2, 0.25) is 0 Å². The second kappa shape index (κ2) is 9.73. The van der Waals surface area contributed by atoms with Crippen molar-refractivity contribution in [3.63, 3.8) is 0 Å². The van der Waals surface area contributed by atoms with Crippen LogP contribution in [0.3, 0.4) is 0 Å². The lowest BCUT2D eigenvalue weighted by Gasteiger charge is -2.27. The maximum Gasteiger partial charge on any atom is 0.0897 e. The van der Waals surface area contributed by atoms with E-state index in [-0.39, 0.29) is 6.61 Å². The van der Waals surface area contributed by atoms with Gasteiger partial charge >= 0.3 is 0 Å². The summed E-state index contributed by atoms with van der Waals surface area (Å²) in [4.78, 5) is 0. The zero-order valence-corrected chi connectivity index (χ0v) is 11.6. The zero-order chi connectivity index (χ0) is 13.2. The van der Waals surface area contributed by atoms with Gasteiger partial charge in [-0.3, -0.25) is 0 Å². The summed E-state index contributed by atoms with van der Waals surface area (Å²) in [5.41, 5.74) is 0. The van der Waals surface area contributed by atoms with E-state index in [0.29, 0.717) is 19.3 Å². The minimum absolute atomic E-state index is 0.243. The van der Waals surface area contributed by atoms with Gasteiger partial charge in [0.15, 0.2) is 0 Å². The number of nitrogens with one attached hydrogen (secondary N) is 1. The summed E-state index contributed by atoms with van der Waals surface area (Å²) in [5, 5.41) is 21.5. The van der Waals surface area contributed by atoms with E-state index in [2.05, 4.69) is 12.2 Å². The number of aliphatic hydroxyl groups excluding tert-OH is 2. The molecule has 0 saturated heterocycles. The van der Waals surface area contributed by atoms with Gasteiger partial charge in [0.1, 0.15) is 0 Å².